The molecule has 0 unspecified atom stereocenters. The second kappa shape index (κ2) is 8.20. The van der Waals surface area contributed by atoms with Crippen LogP contribution in [0.25, 0.3) is 6.08 Å². The molecule has 0 saturated carbocycles. The highest BCUT2D eigenvalue weighted by molar-refractivity contribution is 8.18. The van der Waals surface area contributed by atoms with E-state index in [2.05, 4.69) is 27.3 Å². The van der Waals surface area contributed by atoms with Gasteiger partial charge in [-0.1, -0.05) is 30.3 Å². The Bertz CT molecular complexity index is 925. The van der Waals surface area contributed by atoms with Crippen LogP contribution in [0.15, 0.2) is 52.4 Å². The summed E-state index contributed by atoms with van der Waals surface area (Å²) in [6.07, 6.45) is 1.91. The lowest BCUT2D eigenvalue weighted by Crippen LogP contribution is -2.36. The number of hydrogen-bond donors (Lipinski definition) is 1. The van der Waals surface area contributed by atoms with Gasteiger partial charge >= 0.3 is 0 Å². The zero-order chi connectivity index (χ0) is 19.5. The number of nitrogens with one attached hydrogen (secondary N) is 1. The fourth-order valence-corrected chi connectivity index (χ4v) is 4.15. The van der Waals surface area contributed by atoms with Crippen molar-refractivity contribution in [3.05, 3.63) is 64.1 Å². The van der Waals surface area contributed by atoms with Crippen LogP contribution in [0, 0.1) is 13.8 Å². The summed E-state index contributed by atoms with van der Waals surface area (Å²) in [7, 11) is 0. The fraction of sp³-hybridized carbons (Fsp3) is 0.273. The van der Waals surface area contributed by atoms with Gasteiger partial charge in [-0.15, -0.1) is 0 Å². The van der Waals surface area contributed by atoms with Crippen LogP contribution in [0.4, 0.5) is 11.4 Å². The Hall–Kier alpha value is -2.57. The molecule has 2 saturated heterocycles. The zero-order valence-corrected chi connectivity index (χ0v) is 16.9. The number of amidine groups is 1. The van der Waals surface area contributed by atoms with Crippen LogP contribution in [0.3, 0.4) is 0 Å². The first-order valence-electron chi connectivity index (χ1n) is 9.39. The second-order valence-electron chi connectivity index (χ2n) is 6.91. The van der Waals surface area contributed by atoms with Crippen molar-refractivity contribution in [2.75, 3.05) is 31.2 Å². The minimum absolute atomic E-state index is 0.104. The Balaban J connectivity index is 1.51. The van der Waals surface area contributed by atoms with Crippen molar-refractivity contribution in [3.8, 4) is 0 Å². The Kier molecular flexibility index (Phi) is 5.50. The highest BCUT2D eigenvalue weighted by atomic mass is 32.2. The van der Waals surface area contributed by atoms with E-state index in [1.54, 1.807) is 0 Å². The predicted molar refractivity (Wildman–Crippen MR) is 116 cm³/mol. The number of morpholine rings is 1. The molecular weight excluding hydrogens is 370 g/mol. The van der Waals surface area contributed by atoms with Gasteiger partial charge in [-0.25, -0.2) is 4.99 Å². The van der Waals surface area contributed by atoms with E-state index in [4.69, 9.17) is 4.74 Å². The average Bonchev–Trinajstić information content (AvgIpc) is 3.05. The lowest BCUT2D eigenvalue weighted by Gasteiger charge is -2.28. The van der Waals surface area contributed by atoms with Gasteiger partial charge in [0.1, 0.15) is 0 Å². The molecule has 2 aromatic rings. The maximum absolute atomic E-state index is 12.4. The number of thioether (sulfide) groups is 1. The van der Waals surface area contributed by atoms with Gasteiger partial charge < -0.3 is 15.0 Å². The predicted octanol–water partition coefficient (Wildman–Crippen LogP) is 4.03. The molecule has 0 aromatic heterocycles. The molecule has 5 nitrogen and oxygen atoms in total. The van der Waals surface area contributed by atoms with Gasteiger partial charge in [0.05, 0.1) is 23.8 Å². The van der Waals surface area contributed by atoms with Crippen molar-refractivity contribution in [2.45, 2.75) is 13.8 Å². The summed E-state index contributed by atoms with van der Waals surface area (Å²) in [6.45, 7) is 7.42. The van der Waals surface area contributed by atoms with Crippen LogP contribution in [0.5, 0.6) is 0 Å². The van der Waals surface area contributed by atoms with Crippen LogP contribution in [0.1, 0.15) is 16.7 Å². The van der Waals surface area contributed by atoms with Crippen molar-refractivity contribution in [3.63, 3.8) is 0 Å². The second-order valence-corrected chi connectivity index (χ2v) is 7.94. The van der Waals surface area contributed by atoms with Crippen LogP contribution >= 0.6 is 11.8 Å². The number of rotatable bonds is 3. The molecule has 0 spiro atoms. The SMILES string of the molecule is Cc1cccc(C)c1N=C1NC(=O)/C(=C\c2ccc(N3CCOCC3)cc2)S1. The molecular formula is C22H23N3O2S. The normalized spacial score (nSPS) is 20.1. The quantitative estimate of drug-likeness (QED) is 0.800. The van der Waals surface area contributed by atoms with Crippen LogP contribution < -0.4 is 10.2 Å². The van der Waals surface area contributed by atoms with Gasteiger partial charge in [0.25, 0.3) is 5.91 Å². The lowest BCUT2D eigenvalue weighted by molar-refractivity contribution is -0.115. The molecule has 4 rings (SSSR count). The van der Waals surface area contributed by atoms with E-state index in [9.17, 15) is 4.79 Å². The number of nitrogens with zero attached hydrogens (tertiary/aromatic N) is 2. The van der Waals surface area contributed by atoms with Crippen molar-refractivity contribution in [1.29, 1.82) is 0 Å². The van der Waals surface area contributed by atoms with E-state index in [0.29, 0.717) is 10.1 Å². The highest BCUT2D eigenvalue weighted by Crippen LogP contribution is 2.31. The summed E-state index contributed by atoms with van der Waals surface area (Å²) in [5.41, 5.74) is 5.30. The zero-order valence-electron chi connectivity index (χ0n) is 16.1. The molecule has 28 heavy (non-hydrogen) atoms. The first-order valence-corrected chi connectivity index (χ1v) is 10.2. The number of amides is 1. The summed E-state index contributed by atoms with van der Waals surface area (Å²) >= 11 is 1.38. The first kappa shape index (κ1) is 18.8. The van der Waals surface area contributed by atoms with E-state index in [1.807, 2.05) is 50.3 Å². The maximum Gasteiger partial charge on any atom is 0.264 e. The van der Waals surface area contributed by atoms with E-state index in [0.717, 1.165) is 48.7 Å². The largest absolute Gasteiger partial charge is 0.378 e. The number of para-hydroxylation sites is 1. The number of benzene rings is 2. The minimum atomic E-state index is -0.104. The molecule has 1 N–H and O–H groups in total. The topological polar surface area (TPSA) is 53.9 Å². The summed E-state index contributed by atoms with van der Waals surface area (Å²) in [6, 6.07) is 14.4. The summed E-state index contributed by atoms with van der Waals surface area (Å²) in [5, 5.41) is 3.50. The minimum Gasteiger partial charge on any atom is -0.378 e. The molecule has 0 aliphatic carbocycles. The van der Waals surface area contributed by atoms with Gasteiger partial charge in [0, 0.05) is 18.8 Å². The Morgan fingerprint density at radius 3 is 2.43 bits per heavy atom. The molecule has 0 atom stereocenters. The lowest BCUT2D eigenvalue weighted by atomic mass is 10.1. The molecule has 0 radical (unpaired) electrons. The van der Waals surface area contributed by atoms with Gasteiger partial charge in [-0.3, -0.25) is 4.79 Å². The number of hydrogen-bond acceptors (Lipinski definition) is 5. The van der Waals surface area contributed by atoms with Gasteiger partial charge in [0.2, 0.25) is 0 Å². The average molecular weight is 394 g/mol. The standard InChI is InChI=1S/C22H23N3O2S/c1-15-4-3-5-16(2)20(15)23-22-24-21(26)19(28-22)14-17-6-8-18(9-7-17)25-10-12-27-13-11-25/h3-9,14H,10-13H2,1-2H3,(H,23,24,26)/b19-14+. The molecule has 2 aliphatic rings. The fourth-order valence-electron chi connectivity index (χ4n) is 3.32. The first-order chi connectivity index (χ1) is 13.6. The Morgan fingerprint density at radius 2 is 1.75 bits per heavy atom. The number of ether oxygens (including phenoxy) is 1. The molecule has 2 fully saturated rings. The summed E-state index contributed by atoms with van der Waals surface area (Å²) < 4.78 is 5.40. The van der Waals surface area contributed by atoms with Gasteiger partial charge in [-0.05, 0) is 60.5 Å². The van der Waals surface area contributed by atoms with Gasteiger partial charge in [0.15, 0.2) is 5.17 Å². The smallest absolute Gasteiger partial charge is 0.264 e. The molecule has 0 bridgehead atoms. The number of aliphatic imine (C=N–C) groups is 1. The maximum atomic E-state index is 12.4. The van der Waals surface area contributed by atoms with Crippen LogP contribution in [-0.2, 0) is 9.53 Å². The molecule has 1 amide bonds. The van der Waals surface area contributed by atoms with Crippen LogP contribution in [0.2, 0.25) is 0 Å². The number of carbonyl (C=O) groups excluding carboxylic acids is 1. The summed E-state index contributed by atoms with van der Waals surface area (Å²) in [4.78, 5) is 20.0. The van der Waals surface area contributed by atoms with Crippen molar-refractivity contribution >= 4 is 40.3 Å². The molecule has 2 heterocycles. The number of carbonyl (C=O) groups is 1. The van der Waals surface area contributed by atoms with Gasteiger partial charge in [-0.2, -0.15) is 0 Å². The molecule has 2 aromatic carbocycles. The monoisotopic (exact) mass is 393 g/mol. The Labute approximate surface area is 169 Å². The molecule has 6 heteroatoms. The molecule has 144 valence electrons. The van der Waals surface area contributed by atoms with E-state index in [1.165, 1.54) is 17.4 Å². The van der Waals surface area contributed by atoms with E-state index in [-0.39, 0.29) is 5.91 Å². The van der Waals surface area contributed by atoms with Crippen molar-refractivity contribution < 1.29 is 9.53 Å². The van der Waals surface area contributed by atoms with Crippen LogP contribution in [-0.4, -0.2) is 37.4 Å². The Morgan fingerprint density at radius 1 is 1.07 bits per heavy atom. The third-order valence-electron chi connectivity index (χ3n) is 4.87. The number of anilines is 1. The highest BCUT2D eigenvalue weighted by Gasteiger charge is 2.24. The molecule has 2 aliphatic heterocycles. The third-order valence-corrected chi connectivity index (χ3v) is 5.78. The summed E-state index contributed by atoms with van der Waals surface area (Å²) in [5.74, 6) is -0.104. The van der Waals surface area contributed by atoms with E-state index >= 15 is 0 Å². The number of aryl methyl sites for hydroxylation is 2. The van der Waals surface area contributed by atoms with Crippen molar-refractivity contribution in [2.24, 2.45) is 4.99 Å². The van der Waals surface area contributed by atoms with E-state index < -0.39 is 0 Å². The van der Waals surface area contributed by atoms with Crippen molar-refractivity contribution in [1.82, 2.24) is 5.32 Å². The third kappa shape index (κ3) is 4.13.